The number of carbonyl (C=O) groups is 1. The molecule has 0 bridgehead atoms. The van der Waals surface area contributed by atoms with Gasteiger partial charge in [0.1, 0.15) is 0 Å². The third-order valence-electron chi connectivity index (χ3n) is 4.15. The smallest absolute Gasteiger partial charge is 0.316 e. The van der Waals surface area contributed by atoms with E-state index in [1.54, 1.807) is 12.1 Å². The van der Waals surface area contributed by atoms with E-state index in [1.807, 2.05) is 54.5 Å². The van der Waals surface area contributed by atoms with Crippen LogP contribution < -0.4 is 18.9 Å². The number of esters is 1. The van der Waals surface area contributed by atoms with Gasteiger partial charge in [-0.25, -0.2) is 0 Å². The van der Waals surface area contributed by atoms with Gasteiger partial charge in [0.15, 0.2) is 11.5 Å². The van der Waals surface area contributed by atoms with Crippen molar-refractivity contribution in [2.45, 2.75) is 67.4 Å². The first-order valence-electron chi connectivity index (χ1n) is 10.5. The van der Waals surface area contributed by atoms with E-state index in [-0.39, 0.29) is 12.1 Å². The number of benzene rings is 2. The molecule has 0 atom stereocenters. The van der Waals surface area contributed by atoms with Crippen LogP contribution in [-0.4, -0.2) is 25.3 Å². The maximum atomic E-state index is 12.8. The molecule has 0 fully saturated rings. The van der Waals surface area contributed by atoms with Crippen molar-refractivity contribution < 1.29 is 23.7 Å². The summed E-state index contributed by atoms with van der Waals surface area (Å²) in [5, 5.41) is 1.94. The van der Waals surface area contributed by atoms with Crippen LogP contribution in [0.2, 0.25) is 5.02 Å². The zero-order valence-corrected chi connectivity index (χ0v) is 19.8. The van der Waals surface area contributed by atoms with Gasteiger partial charge in [-0.3, -0.25) is 4.79 Å². The minimum absolute atomic E-state index is 0.0989. The molecule has 0 heterocycles. The van der Waals surface area contributed by atoms with E-state index < -0.39 is 5.41 Å². The summed E-state index contributed by atoms with van der Waals surface area (Å²) >= 11 is 6.30. The molecule has 0 aliphatic carbocycles. The van der Waals surface area contributed by atoms with Crippen molar-refractivity contribution in [1.29, 1.82) is 0 Å². The average Bonchev–Trinajstić information content (AvgIpc) is 2.66. The van der Waals surface area contributed by atoms with Crippen LogP contribution in [0.25, 0.3) is 10.8 Å². The standard InChI is InChI=1S/C24H33ClO5/c1-8-12-27-21-19(30-23(26)24(5,6)7)17-11-10-16(25)14-18(17)20(29-15(3)4)22(21)28-13-9-2/h10-11,14-15H,8-9,12-13H2,1-7H3. The number of hydrogen-bond donors (Lipinski definition) is 0. The molecule has 0 radical (unpaired) electrons. The third kappa shape index (κ3) is 5.72. The molecule has 0 saturated carbocycles. The number of fused-ring (bicyclic) bond motifs is 1. The Morgan fingerprint density at radius 3 is 2.00 bits per heavy atom. The second-order valence-corrected chi connectivity index (χ2v) is 8.95. The lowest BCUT2D eigenvalue weighted by atomic mass is 9.97. The first kappa shape index (κ1) is 24.1. The summed E-state index contributed by atoms with van der Waals surface area (Å²) in [5.41, 5.74) is -0.682. The Morgan fingerprint density at radius 1 is 0.933 bits per heavy atom. The van der Waals surface area contributed by atoms with Gasteiger partial charge < -0.3 is 18.9 Å². The van der Waals surface area contributed by atoms with Crippen molar-refractivity contribution in [3.63, 3.8) is 0 Å². The van der Waals surface area contributed by atoms with E-state index in [4.69, 9.17) is 30.5 Å². The molecule has 0 aliphatic rings. The highest BCUT2D eigenvalue weighted by Crippen LogP contribution is 2.52. The second kappa shape index (κ2) is 10.3. The summed E-state index contributed by atoms with van der Waals surface area (Å²) in [7, 11) is 0. The van der Waals surface area contributed by atoms with Crippen LogP contribution in [-0.2, 0) is 4.79 Å². The zero-order valence-electron chi connectivity index (χ0n) is 19.1. The number of hydrogen-bond acceptors (Lipinski definition) is 5. The quantitative estimate of drug-likeness (QED) is 0.319. The molecule has 0 unspecified atom stereocenters. The van der Waals surface area contributed by atoms with E-state index >= 15 is 0 Å². The molecule has 5 nitrogen and oxygen atoms in total. The van der Waals surface area contributed by atoms with Crippen molar-refractivity contribution in [2.75, 3.05) is 13.2 Å². The van der Waals surface area contributed by atoms with E-state index in [0.717, 1.165) is 12.8 Å². The summed E-state index contributed by atoms with van der Waals surface area (Å²) in [6.45, 7) is 14.3. The van der Waals surface area contributed by atoms with Crippen LogP contribution in [0.1, 0.15) is 61.3 Å². The van der Waals surface area contributed by atoms with Crippen molar-refractivity contribution in [3.05, 3.63) is 23.2 Å². The van der Waals surface area contributed by atoms with Crippen molar-refractivity contribution in [1.82, 2.24) is 0 Å². The van der Waals surface area contributed by atoms with Gasteiger partial charge in [0.05, 0.1) is 24.7 Å². The van der Waals surface area contributed by atoms with Crippen molar-refractivity contribution in [3.8, 4) is 23.0 Å². The van der Waals surface area contributed by atoms with Gasteiger partial charge in [-0.2, -0.15) is 0 Å². The summed E-state index contributed by atoms with van der Waals surface area (Å²) in [5.74, 6) is 1.33. The average molecular weight is 437 g/mol. The van der Waals surface area contributed by atoms with Crippen LogP contribution in [0.4, 0.5) is 0 Å². The van der Waals surface area contributed by atoms with Gasteiger partial charge in [-0.05, 0) is 65.7 Å². The molecule has 0 spiro atoms. The van der Waals surface area contributed by atoms with Gasteiger partial charge >= 0.3 is 5.97 Å². The lowest BCUT2D eigenvalue weighted by molar-refractivity contribution is -0.143. The SMILES string of the molecule is CCCOc1c(OCCC)c(OC(C)C)c2cc(Cl)ccc2c1OC(=O)C(C)(C)C. The van der Waals surface area contributed by atoms with Crippen LogP contribution in [0.15, 0.2) is 18.2 Å². The highest BCUT2D eigenvalue weighted by Gasteiger charge is 2.30. The predicted octanol–water partition coefficient (Wildman–Crippen LogP) is 6.81. The fourth-order valence-corrected chi connectivity index (χ4v) is 2.90. The number of rotatable bonds is 9. The molecule has 2 aromatic carbocycles. The molecule has 0 N–H and O–H groups in total. The molecule has 0 aromatic heterocycles. The molecule has 30 heavy (non-hydrogen) atoms. The van der Waals surface area contributed by atoms with E-state index in [9.17, 15) is 4.79 Å². The minimum atomic E-state index is -0.682. The first-order valence-corrected chi connectivity index (χ1v) is 10.9. The molecule has 0 saturated heterocycles. The van der Waals surface area contributed by atoms with Gasteiger partial charge in [-0.15, -0.1) is 0 Å². The monoisotopic (exact) mass is 436 g/mol. The molecular weight excluding hydrogens is 404 g/mol. The number of ether oxygens (including phenoxy) is 4. The summed E-state index contributed by atoms with van der Waals surface area (Å²) in [6, 6.07) is 5.37. The number of halogens is 1. The number of carbonyl (C=O) groups excluding carboxylic acids is 1. The van der Waals surface area contributed by atoms with Crippen LogP contribution in [0, 0.1) is 5.41 Å². The molecule has 166 valence electrons. The lowest BCUT2D eigenvalue weighted by Crippen LogP contribution is -2.26. The van der Waals surface area contributed by atoms with Crippen LogP contribution in [0.5, 0.6) is 23.0 Å². The van der Waals surface area contributed by atoms with E-state index in [0.29, 0.717) is 52.0 Å². The Labute approximate surface area is 184 Å². The van der Waals surface area contributed by atoms with E-state index in [1.165, 1.54) is 0 Å². The summed E-state index contributed by atoms with van der Waals surface area (Å²) in [6.07, 6.45) is 1.50. The fraction of sp³-hybridized carbons (Fsp3) is 0.542. The van der Waals surface area contributed by atoms with Crippen molar-refractivity contribution >= 4 is 28.3 Å². The van der Waals surface area contributed by atoms with E-state index in [2.05, 4.69) is 0 Å². The Bertz CT molecular complexity index is 884. The largest absolute Gasteiger partial charge is 0.486 e. The van der Waals surface area contributed by atoms with Crippen LogP contribution >= 0.6 is 11.6 Å². The highest BCUT2D eigenvalue weighted by atomic mass is 35.5. The Kier molecular flexibility index (Phi) is 8.25. The fourth-order valence-electron chi connectivity index (χ4n) is 2.72. The van der Waals surface area contributed by atoms with Gasteiger partial charge in [-0.1, -0.05) is 25.4 Å². The van der Waals surface area contributed by atoms with Gasteiger partial charge in [0.2, 0.25) is 11.5 Å². The molecule has 0 aliphatic heterocycles. The van der Waals surface area contributed by atoms with Crippen molar-refractivity contribution in [2.24, 2.45) is 5.41 Å². The predicted molar refractivity (Wildman–Crippen MR) is 121 cm³/mol. The maximum Gasteiger partial charge on any atom is 0.316 e. The van der Waals surface area contributed by atoms with Gasteiger partial charge in [0, 0.05) is 15.8 Å². The lowest BCUT2D eigenvalue weighted by Gasteiger charge is -2.24. The van der Waals surface area contributed by atoms with Gasteiger partial charge in [0.25, 0.3) is 0 Å². The zero-order chi connectivity index (χ0) is 22.5. The summed E-state index contributed by atoms with van der Waals surface area (Å²) < 4.78 is 24.2. The van der Waals surface area contributed by atoms with Crippen LogP contribution in [0.3, 0.4) is 0 Å². The Morgan fingerprint density at radius 2 is 1.50 bits per heavy atom. The molecular formula is C24H33ClO5. The third-order valence-corrected chi connectivity index (χ3v) is 4.39. The summed E-state index contributed by atoms with van der Waals surface area (Å²) in [4.78, 5) is 12.8. The normalized spacial score (nSPS) is 11.6. The topological polar surface area (TPSA) is 54.0 Å². The molecule has 0 amide bonds. The molecule has 2 rings (SSSR count). The first-order chi connectivity index (χ1) is 14.1. The maximum absolute atomic E-state index is 12.8. The molecule has 6 heteroatoms. The Hall–Kier alpha value is -2.14. The highest BCUT2D eigenvalue weighted by molar-refractivity contribution is 6.31. The second-order valence-electron chi connectivity index (χ2n) is 8.51. The molecule has 2 aromatic rings. The Balaban J connectivity index is 2.87. The minimum Gasteiger partial charge on any atom is -0.486 e.